The van der Waals surface area contributed by atoms with Crippen LogP contribution >= 0.6 is 35.0 Å². The number of rotatable bonds is 4. The summed E-state index contributed by atoms with van der Waals surface area (Å²) < 4.78 is 13.5. The largest absolute Gasteiger partial charge is 0.220 e. The first-order valence-electron chi connectivity index (χ1n) is 6.08. The zero-order valence-electron chi connectivity index (χ0n) is 11.0. The van der Waals surface area contributed by atoms with E-state index in [0.717, 1.165) is 5.56 Å². The molecule has 0 bridgehead atoms. The minimum absolute atomic E-state index is 0.156. The van der Waals surface area contributed by atoms with E-state index < -0.39 is 0 Å². The van der Waals surface area contributed by atoms with E-state index in [4.69, 9.17) is 23.2 Å². The van der Waals surface area contributed by atoms with Gasteiger partial charge in [-0.25, -0.2) is 14.4 Å². The van der Waals surface area contributed by atoms with Crippen molar-refractivity contribution in [2.24, 2.45) is 0 Å². The first kappa shape index (κ1) is 15.5. The van der Waals surface area contributed by atoms with E-state index >= 15 is 0 Å². The van der Waals surface area contributed by atoms with E-state index in [1.807, 2.05) is 13.8 Å². The van der Waals surface area contributed by atoms with E-state index in [1.54, 1.807) is 18.2 Å². The molecule has 6 heteroatoms. The summed E-state index contributed by atoms with van der Waals surface area (Å²) in [5.41, 5.74) is 0.743. The highest BCUT2D eigenvalue weighted by molar-refractivity contribution is 7.98. The Kier molecular flexibility index (Phi) is 5.24. The molecule has 2 aromatic rings. The van der Waals surface area contributed by atoms with Crippen molar-refractivity contribution in [3.8, 4) is 0 Å². The van der Waals surface area contributed by atoms with Crippen molar-refractivity contribution in [2.45, 2.75) is 30.4 Å². The summed E-state index contributed by atoms with van der Waals surface area (Å²) in [5, 5.41) is 0.730. The van der Waals surface area contributed by atoms with Crippen LogP contribution in [0.15, 0.2) is 29.2 Å². The molecule has 0 saturated heterocycles. The molecule has 1 heterocycles. The number of benzene rings is 1. The Balaban J connectivity index is 2.17. The summed E-state index contributed by atoms with van der Waals surface area (Å²) in [4.78, 5) is 9.01. The maximum Gasteiger partial charge on any atom is 0.142 e. The summed E-state index contributed by atoms with van der Waals surface area (Å²) >= 11 is 13.6. The van der Waals surface area contributed by atoms with Gasteiger partial charge in [-0.15, -0.1) is 11.8 Å². The molecule has 106 valence electrons. The average molecular weight is 331 g/mol. The van der Waals surface area contributed by atoms with Crippen LogP contribution in [0.5, 0.6) is 0 Å². The molecular weight excluding hydrogens is 318 g/mol. The SMILES string of the molecule is CC(C)c1c(Cl)nc(CSc2ccccc2F)nc1Cl. The molecule has 2 nitrogen and oxygen atoms in total. The van der Waals surface area contributed by atoms with Gasteiger partial charge in [-0.1, -0.05) is 49.2 Å². The van der Waals surface area contributed by atoms with E-state index in [1.165, 1.54) is 17.8 Å². The molecule has 0 unspecified atom stereocenters. The number of halogens is 3. The Morgan fingerprint density at radius 3 is 2.30 bits per heavy atom. The fourth-order valence-electron chi connectivity index (χ4n) is 1.70. The maximum atomic E-state index is 13.5. The molecule has 0 atom stereocenters. The summed E-state index contributed by atoms with van der Waals surface area (Å²) in [7, 11) is 0. The van der Waals surface area contributed by atoms with Gasteiger partial charge in [-0.05, 0) is 18.1 Å². The predicted molar refractivity (Wildman–Crippen MR) is 82.1 cm³/mol. The molecule has 0 saturated carbocycles. The number of hydrogen-bond donors (Lipinski definition) is 0. The number of aromatic nitrogens is 2. The predicted octanol–water partition coefficient (Wildman–Crippen LogP) is 5.34. The second-order valence-corrected chi connectivity index (χ2v) is 6.24. The maximum absolute atomic E-state index is 13.5. The standard InChI is InChI=1S/C14H13Cl2FN2S/c1-8(2)12-13(15)18-11(19-14(12)16)7-20-10-6-4-3-5-9(10)17/h3-6,8H,7H2,1-2H3. The molecule has 0 radical (unpaired) electrons. The van der Waals surface area contributed by atoms with Crippen LogP contribution in [0.2, 0.25) is 10.3 Å². The summed E-state index contributed by atoms with van der Waals surface area (Å²) in [6.07, 6.45) is 0. The lowest BCUT2D eigenvalue weighted by Crippen LogP contribution is -2.01. The van der Waals surface area contributed by atoms with Crippen molar-refractivity contribution in [3.05, 3.63) is 51.8 Å². The first-order valence-corrected chi connectivity index (χ1v) is 7.82. The lowest BCUT2D eigenvalue weighted by Gasteiger charge is -2.10. The number of hydrogen-bond acceptors (Lipinski definition) is 3. The van der Waals surface area contributed by atoms with E-state index in [-0.39, 0.29) is 11.7 Å². The lowest BCUT2D eigenvalue weighted by atomic mass is 10.1. The topological polar surface area (TPSA) is 25.8 Å². The average Bonchev–Trinajstić information content (AvgIpc) is 2.36. The van der Waals surface area contributed by atoms with Gasteiger partial charge in [0.2, 0.25) is 0 Å². The first-order chi connectivity index (χ1) is 9.49. The van der Waals surface area contributed by atoms with Gasteiger partial charge in [-0.3, -0.25) is 0 Å². The van der Waals surface area contributed by atoms with Gasteiger partial charge >= 0.3 is 0 Å². The van der Waals surface area contributed by atoms with Gasteiger partial charge in [0.15, 0.2) is 0 Å². The molecule has 0 aliphatic rings. The Morgan fingerprint density at radius 1 is 1.15 bits per heavy atom. The smallest absolute Gasteiger partial charge is 0.142 e. The number of thioether (sulfide) groups is 1. The van der Waals surface area contributed by atoms with Crippen LogP contribution in [0.25, 0.3) is 0 Å². The van der Waals surface area contributed by atoms with Crippen molar-refractivity contribution in [1.82, 2.24) is 9.97 Å². The number of nitrogens with zero attached hydrogens (tertiary/aromatic N) is 2. The molecule has 0 fully saturated rings. The second-order valence-electron chi connectivity index (χ2n) is 4.51. The fraction of sp³-hybridized carbons (Fsp3) is 0.286. The van der Waals surface area contributed by atoms with Crippen LogP contribution in [-0.4, -0.2) is 9.97 Å². The van der Waals surface area contributed by atoms with Crippen molar-refractivity contribution < 1.29 is 4.39 Å². The van der Waals surface area contributed by atoms with Crippen LogP contribution in [0.4, 0.5) is 4.39 Å². The molecule has 1 aromatic heterocycles. The van der Waals surface area contributed by atoms with Crippen molar-refractivity contribution in [2.75, 3.05) is 0 Å². The van der Waals surface area contributed by atoms with Crippen molar-refractivity contribution >= 4 is 35.0 Å². The highest BCUT2D eigenvalue weighted by atomic mass is 35.5. The third kappa shape index (κ3) is 3.62. The monoisotopic (exact) mass is 330 g/mol. The minimum atomic E-state index is -0.256. The van der Waals surface area contributed by atoms with Crippen molar-refractivity contribution in [1.29, 1.82) is 0 Å². The van der Waals surface area contributed by atoms with Crippen LogP contribution in [0, 0.1) is 5.82 Å². The second kappa shape index (κ2) is 6.74. The molecular formula is C14H13Cl2FN2S. The highest BCUT2D eigenvalue weighted by Gasteiger charge is 2.15. The third-order valence-electron chi connectivity index (χ3n) is 2.67. The quantitative estimate of drug-likeness (QED) is 0.559. The summed E-state index contributed by atoms with van der Waals surface area (Å²) in [6.45, 7) is 3.95. The van der Waals surface area contributed by atoms with E-state index in [2.05, 4.69) is 9.97 Å². The molecule has 2 rings (SSSR count). The zero-order chi connectivity index (χ0) is 14.7. The van der Waals surface area contributed by atoms with Gasteiger partial charge in [-0.2, -0.15) is 0 Å². The molecule has 0 amide bonds. The molecule has 0 aliphatic heterocycles. The van der Waals surface area contributed by atoms with Gasteiger partial charge in [0.1, 0.15) is 21.9 Å². The molecule has 1 aromatic carbocycles. The Bertz CT molecular complexity index is 597. The van der Waals surface area contributed by atoms with E-state index in [0.29, 0.717) is 26.8 Å². The van der Waals surface area contributed by atoms with Crippen LogP contribution in [-0.2, 0) is 5.75 Å². The molecule has 20 heavy (non-hydrogen) atoms. The normalized spacial score (nSPS) is 11.1. The van der Waals surface area contributed by atoms with Gasteiger partial charge in [0.25, 0.3) is 0 Å². The zero-order valence-corrected chi connectivity index (χ0v) is 13.4. The van der Waals surface area contributed by atoms with Gasteiger partial charge < -0.3 is 0 Å². The summed E-state index contributed by atoms with van der Waals surface area (Å²) in [5.74, 6) is 0.813. The Morgan fingerprint density at radius 2 is 1.75 bits per heavy atom. The van der Waals surface area contributed by atoms with Gasteiger partial charge in [0, 0.05) is 10.5 Å². The Hall–Kier alpha value is -0.840. The summed E-state index contributed by atoms with van der Waals surface area (Å²) in [6, 6.07) is 6.58. The van der Waals surface area contributed by atoms with Crippen LogP contribution in [0.3, 0.4) is 0 Å². The van der Waals surface area contributed by atoms with Crippen LogP contribution in [0.1, 0.15) is 31.2 Å². The van der Waals surface area contributed by atoms with Gasteiger partial charge in [0.05, 0.1) is 5.75 Å². The third-order valence-corrected chi connectivity index (χ3v) is 4.29. The fourth-order valence-corrected chi connectivity index (χ4v) is 3.36. The van der Waals surface area contributed by atoms with Crippen LogP contribution < -0.4 is 0 Å². The van der Waals surface area contributed by atoms with E-state index in [9.17, 15) is 4.39 Å². The lowest BCUT2D eigenvalue weighted by molar-refractivity contribution is 0.602. The molecule has 0 spiro atoms. The minimum Gasteiger partial charge on any atom is -0.220 e. The van der Waals surface area contributed by atoms with Crippen molar-refractivity contribution in [3.63, 3.8) is 0 Å². The highest BCUT2D eigenvalue weighted by Crippen LogP contribution is 2.30. The Labute approximate surface area is 131 Å². The molecule has 0 aliphatic carbocycles. The molecule has 0 N–H and O–H groups in total.